The number of rotatable bonds is 8. The summed E-state index contributed by atoms with van der Waals surface area (Å²) in [6.45, 7) is 3.09. The van der Waals surface area contributed by atoms with Crippen LogP contribution in [-0.4, -0.2) is 29.6 Å². The lowest BCUT2D eigenvalue weighted by molar-refractivity contribution is 0.102. The molecule has 0 spiro atoms. The summed E-state index contributed by atoms with van der Waals surface area (Å²) in [5.74, 6) is 1.83. The fourth-order valence-electron chi connectivity index (χ4n) is 2.51. The molecule has 0 bridgehead atoms. The van der Waals surface area contributed by atoms with Crippen molar-refractivity contribution in [2.45, 2.75) is 13.5 Å². The highest BCUT2D eigenvalue weighted by Crippen LogP contribution is 2.17. The minimum atomic E-state index is -0.306. The number of benzene rings is 2. The predicted octanol–water partition coefficient (Wildman–Crippen LogP) is 3.75. The molecular formula is C21H22N4O3. The third-order valence-electron chi connectivity index (χ3n) is 3.96. The second kappa shape index (κ2) is 9.36. The first-order valence-electron chi connectivity index (χ1n) is 8.91. The Morgan fingerprint density at radius 1 is 1.00 bits per heavy atom. The van der Waals surface area contributed by atoms with Crippen molar-refractivity contribution < 1.29 is 14.3 Å². The van der Waals surface area contributed by atoms with Gasteiger partial charge in [-0.1, -0.05) is 12.1 Å². The third kappa shape index (κ3) is 5.20. The number of nitrogens with one attached hydrogen (secondary N) is 2. The largest absolute Gasteiger partial charge is 0.497 e. The van der Waals surface area contributed by atoms with E-state index in [0.29, 0.717) is 24.7 Å². The van der Waals surface area contributed by atoms with Gasteiger partial charge in [-0.15, -0.1) is 0 Å². The summed E-state index contributed by atoms with van der Waals surface area (Å²) >= 11 is 0. The summed E-state index contributed by atoms with van der Waals surface area (Å²) in [7, 11) is 1.63. The van der Waals surface area contributed by atoms with Crippen LogP contribution in [-0.2, 0) is 6.54 Å². The molecule has 7 heteroatoms. The zero-order valence-electron chi connectivity index (χ0n) is 15.8. The van der Waals surface area contributed by atoms with Crippen molar-refractivity contribution in [1.82, 2.24) is 9.97 Å². The first-order chi connectivity index (χ1) is 13.7. The van der Waals surface area contributed by atoms with Crippen LogP contribution >= 0.6 is 0 Å². The maximum Gasteiger partial charge on any atom is 0.274 e. The second-order valence-corrected chi connectivity index (χ2v) is 5.90. The maximum atomic E-state index is 12.4. The zero-order valence-corrected chi connectivity index (χ0v) is 15.8. The SMILES string of the molecule is CCOc1ccc(NC(=O)c2cc(NCc3ccc(OC)cc3)ncn2)cc1. The van der Waals surface area contributed by atoms with Crippen LogP contribution < -0.4 is 20.1 Å². The minimum absolute atomic E-state index is 0.279. The Bertz CT molecular complexity index is 912. The van der Waals surface area contributed by atoms with E-state index in [-0.39, 0.29) is 11.6 Å². The number of aromatic nitrogens is 2. The first kappa shape index (κ1) is 19.2. The van der Waals surface area contributed by atoms with Crippen LogP contribution in [0, 0.1) is 0 Å². The van der Waals surface area contributed by atoms with Crippen molar-refractivity contribution in [3.63, 3.8) is 0 Å². The second-order valence-electron chi connectivity index (χ2n) is 5.90. The monoisotopic (exact) mass is 378 g/mol. The molecule has 0 aliphatic heterocycles. The number of nitrogens with zero attached hydrogens (tertiary/aromatic N) is 2. The van der Waals surface area contributed by atoms with Crippen LogP contribution in [0.3, 0.4) is 0 Å². The molecule has 28 heavy (non-hydrogen) atoms. The van der Waals surface area contributed by atoms with Gasteiger partial charge in [-0.3, -0.25) is 4.79 Å². The molecule has 1 aromatic heterocycles. The number of carbonyl (C=O) groups excluding carboxylic acids is 1. The van der Waals surface area contributed by atoms with Gasteiger partial charge in [0, 0.05) is 18.3 Å². The summed E-state index contributed by atoms with van der Waals surface area (Å²) in [5.41, 5.74) is 2.01. The molecule has 1 amide bonds. The zero-order chi connectivity index (χ0) is 19.8. The van der Waals surface area contributed by atoms with Gasteiger partial charge in [0.15, 0.2) is 0 Å². The molecule has 3 rings (SSSR count). The Kier molecular flexibility index (Phi) is 6.41. The fraction of sp³-hybridized carbons (Fsp3) is 0.190. The van der Waals surface area contributed by atoms with E-state index in [1.807, 2.05) is 31.2 Å². The maximum absolute atomic E-state index is 12.4. The summed E-state index contributed by atoms with van der Waals surface area (Å²) in [6.07, 6.45) is 1.36. The van der Waals surface area contributed by atoms with E-state index in [1.165, 1.54) is 6.33 Å². The lowest BCUT2D eigenvalue weighted by Crippen LogP contribution is -2.14. The Balaban J connectivity index is 1.60. The van der Waals surface area contributed by atoms with Gasteiger partial charge in [0.2, 0.25) is 0 Å². The fourth-order valence-corrected chi connectivity index (χ4v) is 2.51. The van der Waals surface area contributed by atoms with Gasteiger partial charge in [-0.25, -0.2) is 9.97 Å². The molecule has 0 atom stereocenters. The number of ether oxygens (including phenoxy) is 2. The number of anilines is 2. The van der Waals surface area contributed by atoms with Gasteiger partial charge in [-0.05, 0) is 48.9 Å². The van der Waals surface area contributed by atoms with E-state index in [4.69, 9.17) is 9.47 Å². The molecule has 2 N–H and O–H groups in total. The highest BCUT2D eigenvalue weighted by Gasteiger charge is 2.09. The Morgan fingerprint density at radius 2 is 1.71 bits per heavy atom. The molecular weight excluding hydrogens is 356 g/mol. The summed E-state index contributed by atoms with van der Waals surface area (Å²) in [6, 6.07) is 16.5. The molecule has 1 heterocycles. The standard InChI is InChI=1S/C21H22N4O3/c1-3-28-18-10-6-16(7-11-18)25-21(26)19-12-20(24-14-23-19)22-13-15-4-8-17(27-2)9-5-15/h4-12,14H,3,13H2,1-2H3,(H,25,26)(H,22,23,24). The van der Waals surface area contributed by atoms with E-state index in [0.717, 1.165) is 17.1 Å². The molecule has 0 radical (unpaired) electrons. The molecule has 0 aliphatic rings. The lowest BCUT2D eigenvalue weighted by atomic mass is 10.2. The van der Waals surface area contributed by atoms with Crippen molar-refractivity contribution in [3.8, 4) is 11.5 Å². The lowest BCUT2D eigenvalue weighted by Gasteiger charge is -2.09. The summed E-state index contributed by atoms with van der Waals surface area (Å²) in [5, 5.41) is 6.01. The predicted molar refractivity (Wildman–Crippen MR) is 108 cm³/mol. The minimum Gasteiger partial charge on any atom is -0.497 e. The van der Waals surface area contributed by atoms with Crippen molar-refractivity contribution in [2.75, 3.05) is 24.4 Å². The number of amides is 1. The topological polar surface area (TPSA) is 85.4 Å². The van der Waals surface area contributed by atoms with E-state index in [9.17, 15) is 4.79 Å². The molecule has 7 nitrogen and oxygen atoms in total. The number of methoxy groups -OCH3 is 1. The van der Waals surface area contributed by atoms with E-state index in [1.54, 1.807) is 37.4 Å². The Labute approximate surface area is 163 Å². The first-order valence-corrected chi connectivity index (χ1v) is 8.91. The molecule has 3 aromatic rings. The van der Waals surface area contributed by atoms with Gasteiger partial charge >= 0.3 is 0 Å². The van der Waals surface area contributed by atoms with Crippen molar-refractivity contribution >= 4 is 17.4 Å². The van der Waals surface area contributed by atoms with Crippen LogP contribution in [0.4, 0.5) is 11.5 Å². The molecule has 0 fully saturated rings. The van der Waals surface area contributed by atoms with Crippen molar-refractivity contribution in [1.29, 1.82) is 0 Å². The van der Waals surface area contributed by atoms with Crippen LogP contribution in [0.5, 0.6) is 11.5 Å². The average molecular weight is 378 g/mol. The molecule has 2 aromatic carbocycles. The van der Waals surface area contributed by atoms with Gasteiger partial charge in [0.05, 0.1) is 13.7 Å². The molecule has 0 unspecified atom stereocenters. The highest BCUT2D eigenvalue weighted by atomic mass is 16.5. The molecule has 0 aliphatic carbocycles. The third-order valence-corrected chi connectivity index (χ3v) is 3.96. The Hall–Kier alpha value is -3.61. The normalized spacial score (nSPS) is 10.2. The summed E-state index contributed by atoms with van der Waals surface area (Å²) in [4.78, 5) is 20.7. The van der Waals surface area contributed by atoms with E-state index in [2.05, 4.69) is 20.6 Å². The smallest absolute Gasteiger partial charge is 0.274 e. The van der Waals surface area contributed by atoms with Gasteiger partial charge < -0.3 is 20.1 Å². The molecule has 0 saturated heterocycles. The van der Waals surface area contributed by atoms with Gasteiger partial charge in [0.25, 0.3) is 5.91 Å². The summed E-state index contributed by atoms with van der Waals surface area (Å²) < 4.78 is 10.5. The van der Waals surface area contributed by atoms with Crippen molar-refractivity contribution in [3.05, 3.63) is 72.2 Å². The van der Waals surface area contributed by atoms with Crippen LogP contribution in [0.2, 0.25) is 0 Å². The van der Waals surface area contributed by atoms with Crippen LogP contribution in [0.1, 0.15) is 23.0 Å². The number of hydrogen-bond acceptors (Lipinski definition) is 6. The van der Waals surface area contributed by atoms with Crippen molar-refractivity contribution in [2.24, 2.45) is 0 Å². The quantitative estimate of drug-likeness (QED) is 0.621. The number of carbonyl (C=O) groups is 1. The Morgan fingerprint density at radius 3 is 2.39 bits per heavy atom. The number of hydrogen-bond donors (Lipinski definition) is 2. The highest BCUT2D eigenvalue weighted by molar-refractivity contribution is 6.03. The van der Waals surface area contributed by atoms with Gasteiger partial charge in [0.1, 0.15) is 29.3 Å². The van der Waals surface area contributed by atoms with Gasteiger partial charge in [-0.2, -0.15) is 0 Å². The van der Waals surface area contributed by atoms with E-state index >= 15 is 0 Å². The average Bonchev–Trinajstić information content (AvgIpc) is 2.74. The van der Waals surface area contributed by atoms with E-state index < -0.39 is 0 Å². The molecule has 144 valence electrons. The molecule has 0 saturated carbocycles. The van der Waals surface area contributed by atoms with Crippen LogP contribution in [0.25, 0.3) is 0 Å². The van der Waals surface area contributed by atoms with Crippen LogP contribution in [0.15, 0.2) is 60.9 Å².